The van der Waals surface area contributed by atoms with Crippen molar-refractivity contribution in [1.82, 2.24) is 0 Å². The Balaban J connectivity index is 2.39. The quantitative estimate of drug-likeness (QED) is 0.656. The van der Waals surface area contributed by atoms with Gasteiger partial charge < -0.3 is 0 Å². The molecule has 0 aromatic heterocycles. The minimum absolute atomic E-state index is 0.509. The highest BCUT2D eigenvalue weighted by Gasteiger charge is 1.95. The normalized spacial score (nSPS) is 12.9. The molecule has 0 saturated carbocycles. The number of aryl methyl sites for hydroxylation is 1. The van der Waals surface area contributed by atoms with E-state index in [4.69, 9.17) is 0 Å². The Morgan fingerprint density at radius 2 is 1.91 bits per heavy atom. The van der Waals surface area contributed by atoms with Gasteiger partial charge >= 0.3 is 0 Å². The van der Waals surface area contributed by atoms with Crippen molar-refractivity contribution in [2.45, 2.75) is 25.0 Å². The molecule has 11 heavy (non-hydrogen) atoms. The van der Waals surface area contributed by atoms with Gasteiger partial charge in [-0.05, 0) is 23.7 Å². The van der Waals surface area contributed by atoms with Crippen LogP contribution in [0.15, 0.2) is 30.3 Å². The lowest BCUT2D eigenvalue weighted by atomic mass is 10.1. The minimum atomic E-state index is 0.509. The summed E-state index contributed by atoms with van der Waals surface area (Å²) in [5.41, 5.74) is 1.41. The molecule has 1 aromatic carbocycles. The zero-order chi connectivity index (χ0) is 8.10. The summed E-state index contributed by atoms with van der Waals surface area (Å²) in [6.45, 7) is 2.13. The monoisotopic (exact) mass is 166 g/mol. The standard InChI is InChI=1S/C10H14S/c1-9(11)7-8-10-5-3-2-4-6-10/h2-6,9,11H,7-8H2,1H3/t9-/m1/s1. The van der Waals surface area contributed by atoms with Crippen LogP contribution in [0.25, 0.3) is 0 Å². The van der Waals surface area contributed by atoms with Gasteiger partial charge in [0.1, 0.15) is 0 Å². The van der Waals surface area contributed by atoms with Crippen molar-refractivity contribution in [3.63, 3.8) is 0 Å². The van der Waals surface area contributed by atoms with Gasteiger partial charge in [0.15, 0.2) is 0 Å². The average molecular weight is 166 g/mol. The zero-order valence-corrected chi connectivity index (χ0v) is 7.72. The van der Waals surface area contributed by atoms with E-state index in [1.54, 1.807) is 0 Å². The third kappa shape index (κ3) is 3.47. The summed E-state index contributed by atoms with van der Waals surface area (Å²) in [5, 5.41) is 0.509. The minimum Gasteiger partial charge on any atom is -0.176 e. The zero-order valence-electron chi connectivity index (χ0n) is 6.83. The van der Waals surface area contributed by atoms with E-state index in [1.165, 1.54) is 5.56 Å². The molecule has 0 aliphatic heterocycles. The summed E-state index contributed by atoms with van der Waals surface area (Å²) < 4.78 is 0. The van der Waals surface area contributed by atoms with E-state index in [0.717, 1.165) is 12.8 Å². The smallest absolute Gasteiger partial charge is 0.000843 e. The van der Waals surface area contributed by atoms with Crippen molar-refractivity contribution < 1.29 is 0 Å². The van der Waals surface area contributed by atoms with Gasteiger partial charge in [-0.3, -0.25) is 0 Å². The molecule has 1 heteroatoms. The number of benzene rings is 1. The fourth-order valence-electron chi connectivity index (χ4n) is 1.02. The number of hydrogen-bond donors (Lipinski definition) is 1. The first-order valence-corrected chi connectivity index (χ1v) is 4.52. The molecule has 0 unspecified atom stereocenters. The lowest BCUT2D eigenvalue weighted by molar-refractivity contribution is 0.816. The second kappa shape index (κ2) is 4.45. The molecular formula is C10H14S. The maximum absolute atomic E-state index is 4.33. The predicted octanol–water partition coefficient (Wildman–Crippen LogP) is 2.94. The second-order valence-electron chi connectivity index (χ2n) is 2.87. The van der Waals surface area contributed by atoms with E-state index in [9.17, 15) is 0 Å². The molecule has 0 bridgehead atoms. The largest absolute Gasteiger partial charge is 0.176 e. The van der Waals surface area contributed by atoms with Gasteiger partial charge in [0.05, 0.1) is 0 Å². The maximum atomic E-state index is 4.33. The van der Waals surface area contributed by atoms with E-state index in [1.807, 2.05) is 6.07 Å². The molecule has 0 spiro atoms. The van der Waals surface area contributed by atoms with Crippen LogP contribution < -0.4 is 0 Å². The van der Waals surface area contributed by atoms with Gasteiger partial charge in [0.25, 0.3) is 0 Å². The Labute approximate surface area is 74.0 Å². The molecule has 0 N–H and O–H groups in total. The summed E-state index contributed by atoms with van der Waals surface area (Å²) in [6, 6.07) is 10.5. The van der Waals surface area contributed by atoms with Crippen LogP contribution >= 0.6 is 12.6 Å². The Morgan fingerprint density at radius 1 is 1.27 bits per heavy atom. The average Bonchev–Trinajstić information content (AvgIpc) is 2.03. The van der Waals surface area contributed by atoms with Crippen LogP contribution in [-0.4, -0.2) is 5.25 Å². The first kappa shape index (κ1) is 8.66. The topological polar surface area (TPSA) is 0 Å². The van der Waals surface area contributed by atoms with Gasteiger partial charge in [0.2, 0.25) is 0 Å². The summed E-state index contributed by atoms with van der Waals surface area (Å²) in [5.74, 6) is 0. The van der Waals surface area contributed by atoms with Crippen LogP contribution in [0.3, 0.4) is 0 Å². The van der Waals surface area contributed by atoms with E-state index in [0.29, 0.717) is 5.25 Å². The molecule has 0 amide bonds. The summed E-state index contributed by atoms with van der Waals surface area (Å²) >= 11 is 4.33. The van der Waals surface area contributed by atoms with Crippen molar-refractivity contribution in [3.05, 3.63) is 35.9 Å². The second-order valence-corrected chi connectivity index (χ2v) is 3.75. The lowest BCUT2D eigenvalue weighted by Gasteiger charge is -2.02. The molecule has 1 atom stereocenters. The molecule has 0 heterocycles. The van der Waals surface area contributed by atoms with Crippen LogP contribution in [0.1, 0.15) is 18.9 Å². The van der Waals surface area contributed by atoms with E-state index in [2.05, 4.69) is 43.8 Å². The van der Waals surface area contributed by atoms with Crippen molar-refractivity contribution in [1.29, 1.82) is 0 Å². The first-order chi connectivity index (χ1) is 5.29. The first-order valence-electron chi connectivity index (χ1n) is 4.01. The third-order valence-electron chi connectivity index (χ3n) is 1.69. The molecule has 0 radical (unpaired) electrons. The summed E-state index contributed by atoms with van der Waals surface area (Å²) in [7, 11) is 0. The number of hydrogen-bond acceptors (Lipinski definition) is 1. The van der Waals surface area contributed by atoms with Gasteiger partial charge in [-0.2, -0.15) is 12.6 Å². The third-order valence-corrected chi connectivity index (χ3v) is 1.95. The fraction of sp³-hybridized carbons (Fsp3) is 0.400. The van der Waals surface area contributed by atoms with Gasteiger partial charge in [-0.1, -0.05) is 37.3 Å². The molecule has 0 saturated heterocycles. The van der Waals surface area contributed by atoms with Crippen molar-refractivity contribution in [2.75, 3.05) is 0 Å². The van der Waals surface area contributed by atoms with Crippen LogP contribution in [0.4, 0.5) is 0 Å². The number of thiol groups is 1. The van der Waals surface area contributed by atoms with Gasteiger partial charge in [0, 0.05) is 0 Å². The highest BCUT2D eigenvalue weighted by Crippen LogP contribution is 2.07. The summed E-state index contributed by atoms with van der Waals surface area (Å²) in [6.07, 6.45) is 2.30. The molecule has 0 fully saturated rings. The molecule has 1 aromatic rings. The summed E-state index contributed by atoms with van der Waals surface area (Å²) in [4.78, 5) is 0. The highest BCUT2D eigenvalue weighted by molar-refractivity contribution is 7.80. The maximum Gasteiger partial charge on any atom is -0.000843 e. The molecular weight excluding hydrogens is 152 g/mol. The van der Waals surface area contributed by atoms with Crippen LogP contribution in [0.2, 0.25) is 0 Å². The Morgan fingerprint density at radius 3 is 2.45 bits per heavy atom. The van der Waals surface area contributed by atoms with Crippen LogP contribution in [0.5, 0.6) is 0 Å². The lowest BCUT2D eigenvalue weighted by Crippen LogP contribution is -1.93. The van der Waals surface area contributed by atoms with Crippen molar-refractivity contribution in [2.24, 2.45) is 0 Å². The van der Waals surface area contributed by atoms with Crippen LogP contribution in [-0.2, 0) is 6.42 Å². The molecule has 0 aliphatic rings. The van der Waals surface area contributed by atoms with Crippen LogP contribution in [0, 0.1) is 0 Å². The Kier molecular flexibility index (Phi) is 3.50. The van der Waals surface area contributed by atoms with Crippen molar-refractivity contribution >= 4 is 12.6 Å². The van der Waals surface area contributed by atoms with Crippen molar-refractivity contribution in [3.8, 4) is 0 Å². The van der Waals surface area contributed by atoms with E-state index >= 15 is 0 Å². The highest BCUT2D eigenvalue weighted by atomic mass is 32.1. The predicted molar refractivity (Wildman–Crippen MR) is 53.2 cm³/mol. The molecule has 1 rings (SSSR count). The molecule has 0 nitrogen and oxygen atoms in total. The van der Waals surface area contributed by atoms with Gasteiger partial charge in [-0.15, -0.1) is 0 Å². The van der Waals surface area contributed by atoms with E-state index in [-0.39, 0.29) is 0 Å². The Bertz CT molecular complexity index is 191. The van der Waals surface area contributed by atoms with E-state index < -0.39 is 0 Å². The fourth-order valence-corrected chi connectivity index (χ4v) is 1.15. The SMILES string of the molecule is C[C@@H](S)CCc1ccccc1. The Hall–Kier alpha value is -0.430. The molecule has 60 valence electrons. The molecule has 0 aliphatic carbocycles. The number of rotatable bonds is 3. The van der Waals surface area contributed by atoms with Gasteiger partial charge in [-0.25, -0.2) is 0 Å².